The molecule has 0 bridgehead atoms. The smallest absolute Gasteiger partial charge is 0.326 e. The van der Waals surface area contributed by atoms with Crippen LogP contribution in [0.25, 0.3) is 0 Å². The predicted molar refractivity (Wildman–Crippen MR) is 89.8 cm³/mol. The molecule has 0 aliphatic carbocycles. The van der Waals surface area contributed by atoms with Crippen LogP contribution in [-0.4, -0.2) is 60.6 Å². The highest BCUT2D eigenvalue weighted by atomic mass is 16.4. The van der Waals surface area contributed by atoms with Gasteiger partial charge < -0.3 is 14.9 Å². The van der Waals surface area contributed by atoms with E-state index in [0.29, 0.717) is 25.1 Å². The summed E-state index contributed by atoms with van der Waals surface area (Å²) in [4.78, 5) is 27.9. The lowest BCUT2D eigenvalue weighted by molar-refractivity contribution is -0.138. The van der Waals surface area contributed by atoms with Crippen molar-refractivity contribution in [1.82, 2.24) is 24.5 Å². The Balaban J connectivity index is 1.80. The zero-order valence-electron chi connectivity index (χ0n) is 14.5. The average Bonchev–Trinajstić information content (AvgIpc) is 3.25. The average molecular weight is 346 g/mol. The number of carboxylic acid groups (broad SMARTS) is 1. The summed E-state index contributed by atoms with van der Waals surface area (Å²) in [5.41, 5.74) is 1.58. The molecule has 3 heterocycles. The van der Waals surface area contributed by atoms with Gasteiger partial charge in [-0.15, -0.1) is 0 Å². The number of carboxylic acids is 1. The van der Waals surface area contributed by atoms with Gasteiger partial charge in [-0.3, -0.25) is 14.2 Å². The lowest BCUT2D eigenvalue weighted by atomic mass is 10.1. The number of aliphatic carboxylic acids is 1. The third kappa shape index (κ3) is 3.35. The Labute approximate surface area is 145 Å². The molecule has 9 heteroatoms. The van der Waals surface area contributed by atoms with E-state index in [4.69, 9.17) is 0 Å². The number of rotatable bonds is 5. The Kier molecular flexibility index (Phi) is 4.47. The van der Waals surface area contributed by atoms with Gasteiger partial charge in [0.1, 0.15) is 12.1 Å². The molecule has 1 N–H and O–H groups in total. The number of nitrogens with zero attached hydrogens (tertiary/aromatic N) is 6. The van der Waals surface area contributed by atoms with Crippen LogP contribution in [0.4, 0.5) is 5.69 Å². The highest BCUT2D eigenvalue weighted by Gasteiger charge is 2.43. The number of hydrogen-bond donors (Lipinski definition) is 1. The molecule has 1 aliphatic rings. The molecule has 9 nitrogen and oxygen atoms in total. The first-order valence-electron chi connectivity index (χ1n) is 8.09. The van der Waals surface area contributed by atoms with E-state index >= 15 is 0 Å². The van der Waals surface area contributed by atoms with Crippen molar-refractivity contribution in [2.24, 2.45) is 14.1 Å². The predicted octanol–water partition coefficient (Wildman–Crippen LogP) is 0.234. The van der Waals surface area contributed by atoms with Crippen molar-refractivity contribution in [2.45, 2.75) is 31.5 Å². The van der Waals surface area contributed by atoms with Gasteiger partial charge in [0.2, 0.25) is 5.91 Å². The number of aryl methyl sites for hydroxylation is 2. The molecule has 1 amide bonds. The van der Waals surface area contributed by atoms with Crippen LogP contribution >= 0.6 is 0 Å². The van der Waals surface area contributed by atoms with Crippen molar-refractivity contribution in [1.29, 1.82) is 0 Å². The second-order valence-electron chi connectivity index (χ2n) is 6.44. The van der Waals surface area contributed by atoms with Gasteiger partial charge in [0.15, 0.2) is 0 Å². The molecule has 0 aromatic carbocycles. The van der Waals surface area contributed by atoms with Crippen molar-refractivity contribution in [3.63, 3.8) is 0 Å². The molecule has 0 saturated carbocycles. The van der Waals surface area contributed by atoms with Crippen LogP contribution in [0.2, 0.25) is 0 Å². The number of carbonyl (C=O) groups excluding carboxylic acids is 1. The quantitative estimate of drug-likeness (QED) is 0.833. The van der Waals surface area contributed by atoms with E-state index in [1.54, 1.807) is 51.8 Å². The minimum atomic E-state index is -0.922. The molecule has 25 heavy (non-hydrogen) atoms. The van der Waals surface area contributed by atoms with Crippen molar-refractivity contribution in [3.05, 3.63) is 30.4 Å². The van der Waals surface area contributed by atoms with Crippen LogP contribution in [0, 0.1) is 0 Å². The summed E-state index contributed by atoms with van der Waals surface area (Å²) in [6.07, 6.45) is 7.85. The van der Waals surface area contributed by atoms with Gasteiger partial charge >= 0.3 is 5.97 Å². The highest BCUT2D eigenvalue weighted by Crippen LogP contribution is 2.31. The molecular formula is C16H22N6O3. The lowest BCUT2D eigenvalue weighted by Crippen LogP contribution is -2.48. The molecule has 2 aromatic rings. The molecule has 0 spiro atoms. The molecule has 2 aromatic heterocycles. The monoisotopic (exact) mass is 346 g/mol. The summed E-state index contributed by atoms with van der Waals surface area (Å²) in [5, 5.41) is 17.7. The summed E-state index contributed by atoms with van der Waals surface area (Å²) in [6, 6.07) is -1.23. The molecule has 2 atom stereocenters. The fraction of sp³-hybridized carbons (Fsp3) is 0.500. The van der Waals surface area contributed by atoms with E-state index in [1.165, 1.54) is 0 Å². The second kappa shape index (κ2) is 6.58. The Bertz CT molecular complexity index is 782. The first-order valence-corrected chi connectivity index (χ1v) is 8.09. The van der Waals surface area contributed by atoms with Gasteiger partial charge in [-0.1, -0.05) is 0 Å². The lowest BCUT2D eigenvalue weighted by Gasteiger charge is -2.30. The molecular weight excluding hydrogens is 324 g/mol. The van der Waals surface area contributed by atoms with E-state index in [0.717, 1.165) is 5.56 Å². The first-order chi connectivity index (χ1) is 11.9. The van der Waals surface area contributed by atoms with Gasteiger partial charge in [0, 0.05) is 45.6 Å². The summed E-state index contributed by atoms with van der Waals surface area (Å²) in [7, 11) is 5.31. The fourth-order valence-electron chi connectivity index (χ4n) is 3.36. The van der Waals surface area contributed by atoms with Crippen LogP contribution < -0.4 is 4.90 Å². The van der Waals surface area contributed by atoms with Gasteiger partial charge in [0.25, 0.3) is 0 Å². The summed E-state index contributed by atoms with van der Waals surface area (Å²) >= 11 is 0. The number of likely N-dealkylation sites (N-methyl/N-ethyl adjacent to an activating group) is 1. The normalized spacial score (nSPS) is 20.0. The summed E-state index contributed by atoms with van der Waals surface area (Å²) in [6.45, 7) is 0.432. The van der Waals surface area contributed by atoms with E-state index < -0.39 is 18.1 Å². The second-order valence-corrected chi connectivity index (χ2v) is 6.44. The standard InChI is InChI=1S/C16H22N6O3/c1-19(8-11-6-17-20(2)9-11)15(23)13-4-5-14(16(24)25)22(13)12-7-18-21(3)10-12/h6-7,9-10,13-14H,4-5,8H2,1-3H3,(H,24,25). The Hall–Kier alpha value is -2.84. The summed E-state index contributed by atoms with van der Waals surface area (Å²) in [5.74, 6) is -1.02. The fourth-order valence-corrected chi connectivity index (χ4v) is 3.36. The zero-order valence-corrected chi connectivity index (χ0v) is 14.5. The number of aromatic nitrogens is 4. The number of hydrogen-bond acceptors (Lipinski definition) is 5. The molecule has 1 saturated heterocycles. The van der Waals surface area contributed by atoms with Crippen LogP contribution in [0.3, 0.4) is 0 Å². The van der Waals surface area contributed by atoms with E-state index in [2.05, 4.69) is 10.2 Å². The van der Waals surface area contributed by atoms with Crippen LogP contribution in [0.15, 0.2) is 24.8 Å². The third-order valence-electron chi connectivity index (χ3n) is 4.50. The Morgan fingerprint density at radius 3 is 2.36 bits per heavy atom. The van der Waals surface area contributed by atoms with Crippen LogP contribution in [0.5, 0.6) is 0 Å². The largest absolute Gasteiger partial charge is 0.480 e. The van der Waals surface area contributed by atoms with Gasteiger partial charge in [-0.25, -0.2) is 4.79 Å². The minimum absolute atomic E-state index is 0.101. The van der Waals surface area contributed by atoms with E-state index in [-0.39, 0.29) is 5.91 Å². The maximum Gasteiger partial charge on any atom is 0.326 e. The third-order valence-corrected chi connectivity index (χ3v) is 4.50. The molecule has 3 rings (SSSR count). The maximum absolute atomic E-state index is 13.0. The van der Waals surface area contributed by atoms with Crippen molar-refractivity contribution < 1.29 is 14.7 Å². The number of carbonyl (C=O) groups is 2. The topological polar surface area (TPSA) is 96.5 Å². The van der Waals surface area contributed by atoms with Gasteiger partial charge in [-0.05, 0) is 12.8 Å². The molecule has 134 valence electrons. The zero-order chi connectivity index (χ0) is 18.1. The van der Waals surface area contributed by atoms with Gasteiger partial charge in [0.05, 0.1) is 18.1 Å². The van der Waals surface area contributed by atoms with Crippen LogP contribution in [-0.2, 0) is 30.2 Å². The van der Waals surface area contributed by atoms with Crippen molar-refractivity contribution in [2.75, 3.05) is 11.9 Å². The Morgan fingerprint density at radius 1 is 1.16 bits per heavy atom. The SMILES string of the molecule is CN(Cc1cnn(C)c1)C(=O)C1CCC(C(=O)O)N1c1cnn(C)c1. The van der Waals surface area contributed by atoms with E-state index in [9.17, 15) is 14.7 Å². The summed E-state index contributed by atoms with van der Waals surface area (Å²) < 4.78 is 3.29. The molecule has 0 radical (unpaired) electrons. The number of amides is 1. The molecule has 2 unspecified atom stereocenters. The number of anilines is 1. The van der Waals surface area contributed by atoms with Crippen molar-refractivity contribution >= 4 is 17.6 Å². The minimum Gasteiger partial charge on any atom is -0.480 e. The molecule has 1 aliphatic heterocycles. The van der Waals surface area contributed by atoms with Gasteiger partial charge in [-0.2, -0.15) is 10.2 Å². The Morgan fingerprint density at radius 2 is 1.80 bits per heavy atom. The van der Waals surface area contributed by atoms with Crippen molar-refractivity contribution in [3.8, 4) is 0 Å². The van der Waals surface area contributed by atoms with Crippen LogP contribution in [0.1, 0.15) is 18.4 Å². The van der Waals surface area contributed by atoms with E-state index in [1.807, 2.05) is 13.2 Å². The first kappa shape index (κ1) is 17.0. The highest BCUT2D eigenvalue weighted by molar-refractivity contribution is 5.90. The molecule has 1 fully saturated rings. The maximum atomic E-state index is 13.0.